The molecule has 1 fully saturated rings. The lowest BCUT2D eigenvalue weighted by molar-refractivity contribution is -0.124. The number of methoxy groups -OCH3 is 1. The summed E-state index contributed by atoms with van der Waals surface area (Å²) < 4.78 is 11.0. The molecule has 2 heterocycles. The number of hydrogen-bond donors (Lipinski definition) is 3. The van der Waals surface area contributed by atoms with Crippen LogP contribution in [0.3, 0.4) is 0 Å². The van der Waals surface area contributed by atoms with Crippen LogP contribution in [-0.2, 0) is 16.9 Å². The molecule has 10 nitrogen and oxygen atoms in total. The van der Waals surface area contributed by atoms with E-state index in [9.17, 15) is 19.2 Å². The van der Waals surface area contributed by atoms with Crippen LogP contribution in [0.15, 0.2) is 66.7 Å². The van der Waals surface area contributed by atoms with E-state index < -0.39 is 23.4 Å². The standard InChI is InChI=1S/C26H22N4O6/c1-35-19-8-5-16-13-30(23(32)21(16)12-19)14-26(24(33)28-25(34)29-26)17-6-9-18(10-7-17)36-20-4-2-3-15(11-20)22(27)31/h2-12H,13-14H2,1H3,(H2,27,31)(H2,28,29,33,34)/t26-/m0/s1. The first-order valence-electron chi connectivity index (χ1n) is 11.1. The van der Waals surface area contributed by atoms with Crippen molar-refractivity contribution in [1.82, 2.24) is 15.5 Å². The maximum atomic E-state index is 13.1. The van der Waals surface area contributed by atoms with Crippen LogP contribution in [0.5, 0.6) is 17.2 Å². The third-order valence-electron chi connectivity index (χ3n) is 6.27. The lowest BCUT2D eigenvalue weighted by Gasteiger charge is -2.31. The summed E-state index contributed by atoms with van der Waals surface area (Å²) in [5.41, 5.74) is 5.93. The van der Waals surface area contributed by atoms with Gasteiger partial charge in [0.2, 0.25) is 5.91 Å². The Bertz CT molecular complexity index is 1400. The highest BCUT2D eigenvalue weighted by Gasteiger charge is 2.50. The smallest absolute Gasteiger partial charge is 0.322 e. The molecule has 0 saturated carbocycles. The largest absolute Gasteiger partial charge is 0.497 e. The summed E-state index contributed by atoms with van der Waals surface area (Å²) in [6.07, 6.45) is 0. The minimum Gasteiger partial charge on any atom is -0.497 e. The molecule has 1 saturated heterocycles. The molecule has 2 aliphatic rings. The summed E-state index contributed by atoms with van der Waals surface area (Å²) >= 11 is 0. The van der Waals surface area contributed by atoms with E-state index >= 15 is 0 Å². The van der Waals surface area contributed by atoms with E-state index in [1.165, 1.54) is 18.1 Å². The summed E-state index contributed by atoms with van der Waals surface area (Å²) in [4.78, 5) is 51.3. The van der Waals surface area contributed by atoms with Crippen molar-refractivity contribution >= 4 is 23.8 Å². The number of nitrogens with two attached hydrogens (primary N) is 1. The molecule has 182 valence electrons. The Hall–Kier alpha value is -4.86. The molecular formula is C26H22N4O6. The Morgan fingerprint density at radius 3 is 2.42 bits per heavy atom. The Kier molecular flexibility index (Phi) is 5.56. The van der Waals surface area contributed by atoms with Gasteiger partial charge in [0.05, 0.1) is 13.7 Å². The Morgan fingerprint density at radius 1 is 1.00 bits per heavy atom. The molecule has 3 aromatic carbocycles. The molecule has 5 rings (SSSR count). The molecule has 0 radical (unpaired) electrons. The van der Waals surface area contributed by atoms with Crippen LogP contribution in [0.25, 0.3) is 0 Å². The SMILES string of the molecule is COc1ccc2c(c1)C(=O)N(C[C@@]1(c3ccc(Oc4cccc(C(N)=O)c4)cc3)NC(=O)NC1=O)C2. The van der Waals surface area contributed by atoms with Crippen LogP contribution in [0.1, 0.15) is 31.8 Å². The highest BCUT2D eigenvalue weighted by atomic mass is 16.5. The minimum atomic E-state index is -1.48. The Labute approximate surface area is 206 Å². The van der Waals surface area contributed by atoms with E-state index in [0.717, 1.165) is 5.56 Å². The van der Waals surface area contributed by atoms with Gasteiger partial charge in [0.25, 0.3) is 11.8 Å². The van der Waals surface area contributed by atoms with E-state index in [4.69, 9.17) is 15.2 Å². The average Bonchev–Trinajstić information content (AvgIpc) is 3.34. The first-order chi connectivity index (χ1) is 17.3. The van der Waals surface area contributed by atoms with Crippen LogP contribution in [0, 0.1) is 0 Å². The van der Waals surface area contributed by atoms with Gasteiger partial charge in [-0.25, -0.2) is 4.79 Å². The molecule has 0 aromatic heterocycles. The Morgan fingerprint density at radius 2 is 1.75 bits per heavy atom. The summed E-state index contributed by atoms with van der Waals surface area (Å²) in [5.74, 6) is 0.0250. The van der Waals surface area contributed by atoms with Crippen molar-refractivity contribution < 1.29 is 28.7 Å². The number of rotatable bonds is 7. The molecule has 5 amide bonds. The quantitative estimate of drug-likeness (QED) is 0.438. The number of urea groups is 1. The van der Waals surface area contributed by atoms with Crippen molar-refractivity contribution in [3.63, 3.8) is 0 Å². The predicted molar refractivity (Wildman–Crippen MR) is 128 cm³/mol. The summed E-state index contributed by atoms with van der Waals surface area (Å²) in [5, 5.41) is 4.99. The Balaban J connectivity index is 1.41. The summed E-state index contributed by atoms with van der Waals surface area (Å²) in [7, 11) is 1.52. The fraction of sp³-hybridized carbons (Fsp3) is 0.154. The van der Waals surface area contributed by atoms with E-state index in [2.05, 4.69) is 10.6 Å². The van der Waals surface area contributed by atoms with Gasteiger partial charge < -0.3 is 25.4 Å². The lowest BCUT2D eigenvalue weighted by Crippen LogP contribution is -2.52. The van der Waals surface area contributed by atoms with Gasteiger partial charge >= 0.3 is 6.03 Å². The predicted octanol–water partition coefficient (Wildman–Crippen LogP) is 2.28. The van der Waals surface area contributed by atoms with E-state index in [1.54, 1.807) is 54.6 Å². The van der Waals surface area contributed by atoms with Gasteiger partial charge in [-0.3, -0.25) is 19.7 Å². The topological polar surface area (TPSA) is 140 Å². The molecule has 1 atom stereocenters. The van der Waals surface area contributed by atoms with Gasteiger partial charge in [-0.05, 0) is 53.6 Å². The lowest BCUT2D eigenvalue weighted by atomic mass is 9.89. The van der Waals surface area contributed by atoms with Crippen molar-refractivity contribution in [2.45, 2.75) is 12.1 Å². The number of carbonyl (C=O) groups excluding carboxylic acids is 4. The van der Waals surface area contributed by atoms with Gasteiger partial charge in [0, 0.05) is 17.7 Å². The molecule has 4 N–H and O–H groups in total. The third kappa shape index (κ3) is 3.98. The second kappa shape index (κ2) is 8.73. The van der Waals surface area contributed by atoms with Gasteiger partial charge in [0.1, 0.15) is 17.2 Å². The van der Waals surface area contributed by atoms with Crippen molar-refractivity contribution in [2.24, 2.45) is 5.73 Å². The van der Waals surface area contributed by atoms with E-state index in [1.807, 2.05) is 6.07 Å². The highest BCUT2D eigenvalue weighted by Crippen LogP contribution is 2.33. The monoisotopic (exact) mass is 486 g/mol. The molecule has 2 aliphatic heterocycles. The molecule has 36 heavy (non-hydrogen) atoms. The molecule has 0 spiro atoms. The van der Waals surface area contributed by atoms with Gasteiger partial charge in [-0.1, -0.05) is 24.3 Å². The first-order valence-corrected chi connectivity index (χ1v) is 11.1. The van der Waals surface area contributed by atoms with Crippen molar-refractivity contribution in [3.8, 4) is 17.2 Å². The summed E-state index contributed by atoms with van der Waals surface area (Å²) in [6, 6.07) is 17.6. The second-order valence-corrected chi connectivity index (χ2v) is 8.52. The highest BCUT2D eigenvalue weighted by molar-refractivity contribution is 6.08. The molecule has 0 aliphatic carbocycles. The zero-order valence-electron chi connectivity index (χ0n) is 19.2. The number of imide groups is 1. The maximum absolute atomic E-state index is 13.1. The van der Waals surface area contributed by atoms with E-state index in [0.29, 0.717) is 40.5 Å². The van der Waals surface area contributed by atoms with Crippen molar-refractivity contribution in [2.75, 3.05) is 13.7 Å². The zero-order chi connectivity index (χ0) is 25.4. The molecule has 10 heteroatoms. The van der Waals surface area contributed by atoms with Crippen LogP contribution >= 0.6 is 0 Å². The van der Waals surface area contributed by atoms with Gasteiger partial charge in [-0.15, -0.1) is 0 Å². The number of amides is 5. The number of nitrogens with zero attached hydrogens (tertiary/aromatic N) is 1. The number of carbonyl (C=O) groups is 4. The van der Waals surface area contributed by atoms with Gasteiger partial charge in [-0.2, -0.15) is 0 Å². The third-order valence-corrected chi connectivity index (χ3v) is 6.27. The van der Waals surface area contributed by atoms with Crippen molar-refractivity contribution in [1.29, 1.82) is 0 Å². The fourth-order valence-corrected chi connectivity index (χ4v) is 4.44. The molecule has 0 bridgehead atoms. The number of primary amides is 1. The van der Waals surface area contributed by atoms with Crippen LogP contribution < -0.4 is 25.8 Å². The van der Waals surface area contributed by atoms with Crippen LogP contribution in [-0.4, -0.2) is 42.3 Å². The van der Waals surface area contributed by atoms with Crippen molar-refractivity contribution in [3.05, 3.63) is 89.0 Å². The molecule has 3 aromatic rings. The number of benzene rings is 3. The van der Waals surface area contributed by atoms with Gasteiger partial charge in [0.15, 0.2) is 5.54 Å². The summed E-state index contributed by atoms with van der Waals surface area (Å²) in [6.45, 7) is 0.224. The fourth-order valence-electron chi connectivity index (χ4n) is 4.44. The normalized spacial score (nSPS) is 18.5. The average molecular weight is 486 g/mol. The van der Waals surface area contributed by atoms with Crippen LogP contribution in [0.2, 0.25) is 0 Å². The first kappa shape index (κ1) is 22.9. The zero-order valence-corrected chi connectivity index (χ0v) is 19.2. The maximum Gasteiger partial charge on any atom is 0.322 e. The number of hydrogen-bond acceptors (Lipinski definition) is 6. The van der Waals surface area contributed by atoms with Crippen LogP contribution in [0.4, 0.5) is 4.79 Å². The molecular weight excluding hydrogens is 464 g/mol. The number of fused-ring (bicyclic) bond motifs is 1. The number of nitrogens with one attached hydrogen (secondary N) is 2. The minimum absolute atomic E-state index is 0.0682. The second-order valence-electron chi connectivity index (χ2n) is 8.52. The molecule has 0 unspecified atom stereocenters. The number of ether oxygens (including phenoxy) is 2. The van der Waals surface area contributed by atoms with E-state index in [-0.39, 0.29) is 12.5 Å².